The van der Waals surface area contributed by atoms with Gasteiger partial charge in [-0.1, -0.05) is 12.1 Å². The summed E-state index contributed by atoms with van der Waals surface area (Å²) in [7, 11) is 0. The van der Waals surface area contributed by atoms with Crippen molar-refractivity contribution < 1.29 is 14.3 Å². The number of nitrogens with one attached hydrogen (secondary N) is 2. The van der Waals surface area contributed by atoms with E-state index in [1.165, 1.54) is 0 Å². The summed E-state index contributed by atoms with van der Waals surface area (Å²) >= 11 is 8.76. The summed E-state index contributed by atoms with van der Waals surface area (Å²) < 4.78 is 6.36. The van der Waals surface area contributed by atoms with Crippen molar-refractivity contribution in [3.05, 3.63) is 58.1 Å². The highest BCUT2D eigenvalue weighted by Crippen LogP contribution is 2.27. The minimum atomic E-state index is -0.353. The molecule has 0 saturated carbocycles. The average molecular weight is 504 g/mol. The Labute approximate surface area is 196 Å². The Morgan fingerprint density at radius 2 is 1.81 bits per heavy atom. The lowest BCUT2D eigenvalue weighted by atomic mass is 10.1. The first kappa shape index (κ1) is 23.2. The molecule has 31 heavy (non-hydrogen) atoms. The molecule has 0 atom stereocenters. The number of carbonyl (C=O) groups excluding carboxylic acids is 2. The van der Waals surface area contributed by atoms with Crippen LogP contribution < -0.4 is 15.4 Å². The molecule has 0 aromatic heterocycles. The molecule has 0 radical (unpaired) electrons. The molecule has 0 bridgehead atoms. The first-order valence-electron chi connectivity index (χ1n) is 10.3. The lowest BCUT2D eigenvalue weighted by molar-refractivity contribution is 0.0725. The molecule has 2 amide bonds. The number of hydrogen-bond donors (Lipinski definition) is 2. The predicted molar refractivity (Wildman–Crippen MR) is 130 cm³/mol. The Kier molecular flexibility index (Phi) is 8.03. The van der Waals surface area contributed by atoms with Gasteiger partial charge in [-0.3, -0.25) is 14.9 Å². The van der Waals surface area contributed by atoms with E-state index in [9.17, 15) is 9.59 Å². The van der Waals surface area contributed by atoms with Crippen LogP contribution in [0.2, 0.25) is 0 Å². The zero-order chi connectivity index (χ0) is 22.4. The van der Waals surface area contributed by atoms with Gasteiger partial charge in [0.05, 0.1) is 21.8 Å². The highest BCUT2D eigenvalue weighted by atomic mass is 79.9. The van der Waals surface area contributed by atoms with Crippen LogP contribution in [-0.4, -0.2) is 41.0 Å². The number of carbonyl (C=O) groups is 2. The largest absolute Gasteiger partial charge is 0.490 e. The summed E-state index contributed by atoms with van der Waals surface area (Å²) in [6.45, 7) is 5.40. The normalized spacial score (nSPS) is 13.6. The molecule has 1 saturated heterocycles. The Morgan fingerprint density at radius 3 is 2.48 bits per heavy atom. The van der Waals surface area contributed by atoms with Crippen LogP contribution in [0.1, 0.15) is 53.8 Å². The van der Waals surface area contributed by atoms with Gasteiger partial charge in [0.2, 0.25) is 0 Å². The van der Waals surface area contributed by atoms with Gasteiger partial charge < -0.3 is 15.0 Å². The van der Waals surface area contributed by atoms with Crippen LogP contribution in [0.5, 0.6) is 5.75 Å². The van der Waals surface area contributed by atoms with E-state index in [1.807, 2.05) is 30.9 Å². The smallest absolute Gasteiger partial charge is 0.257 e. The van der Waals surface area contributed by atoms with Gasteiger partial charge in [-0.05, 0) is 91.6 Å². The number of hydrogen-bond acceptors (Lipinski definition) is 4. The van der Waals surface area contributed by atoms with Crippen molar-refractivity contribution in [2.75, 3.05) is 18.4 Å². The maximum atomic E-state index is 12.9. The second kappa shape index (κ2) is 10.7. The van der Waals surface area contributed by atoms with Crippen molar-refractivity contribution in [3.63, 3.8) is 0 Å². The lowest BCUT2D eigenvalue weighted by Gasteiger charge is -2.27. The van der Waals surface area contributed by atoms with Crippen molar-refractivity contribution in [2.45, 2.75) is 39.2 Å². The van der Waals surface area contributed by atoms with Crippen molar-refractivity contribution in [1.29, 1.82) is 0 Å². The quantitative estimate of drug-likeness (QED) is 0.562. The third kappa shape index (κ3) is 6.27. The number of benzene rings is 2. The van der Waals surface area contributed by atoms with Crippen LogP contribution in [0.15, 0.2) is 46.9 Å². The third-order valence-electron chi connectivity index (χ3n) is 4.83. The SMILES string of the molecule is CC(C)Oc1ccc(C(=O)NC(=S)Nc2ccccc2C(=O)N2CCCCC2)cc1Br. The summed E-state index contributed by atoms with van der Waals surface area (Å²) in [5.41, 5.74) is 1.55. The van der Waals surface area contributed by atoms with E-state index < -0.39 is 0 Å². The molecule has 164 valence electrons. The Hall–Kier alpha value is -2.45. The number of rotatable bonds is 5. The maximum Gasteiger partial charge on any atom is 0.257 e. The van der Waals surface area contributed by atoms with Gasteiger partial charge in [0.15, 0.2) is 5.11 Å². The summed E-state index contributed by atoms with van der Waals surface area (Å²) in [4.78, 5) is 27.4. The molecule has 0 unspecified atom stereocenters. The third-order valence-corrected chi connectivity index (χ3v) is 5.66. The number of ether oxygens (including phenoxy) is 1. The van der Waals surface area contributed by atoms with Crippen LogP contribution in [0.25, 0.3) is 0 Å². The van der Waals surface area contributed by atoms with Crippen LogP contribution in [-0.2, 0) is 0 Å². The molecule has 6 nitrogen and oxygen atoms in total. The Balaban J connectivity index is 1.66. The molecular weight excluding hydrogens is 478 g/mol. The minimum absolute atomic E-state index is 0.0263. The summed E-state index contributed by atoms with van der Waals surface area (Å²) in [6, 6.07) is 12.3. The van der Waals surface area contributed by atoms with Crippen molar-refractivity contribution >= 4 is 50.8 Å². The molecule has 8 heteroatoms. The molecular formula is C23H26BrN3O3S. The average Bonchev–Trinajstić information content (AvgIpc) is 2.75. The zero-order valence-electron chi connectivity index (χ0n) is 17.6. The fraction of sp³-hybridized carbons (Fsp3) is 0.348. The zero-order valence-corrected chi connectivity index (χ0v) is 20.0. The van der Waals surface area contributed by atoms with E-state index in [2.05, 4.69) is 26.6 Å². The van der Waals surface area contributed by atoms with E-state index in [1.54, 1.807) is 30.3 Å². The minimum Gasteiger partial charge on any atom is -0.490 e. The van der Waals surface area contributed by atoms with Gasteiger partial charge in [0.1, 0.15) is 5.75 Å². The number of amides is 2. The van der Waals surface area contributed by atoms with E-state index in [-0.39, 0.29) is 23.0 Å². The molecule has 2 aromatic carbocycles. The summed E-state index contributed by atoms with van der Waals surface area (Å²) in [6.07, 6.45) is 3.22. The molecule has 1 aliphatic rings. The first-order chi connectivity index (χ1) is 14.8. The summed E-state index contributed by atoms with van der Waals surface area (Å²) in [5, 5.41) is 5.80. The van der Waals surface area contributed by atoms with Gasteiger partial charge in [0.25, 0.3) is 11.8 Å². The number of nitrogens with zero attached hydrogens (tertiary/aromatic N) is 1. The molecule has 2 N–H and O–H groups in total. The van der Waals surface area contributed by atoms with Crippen molar-refractivity contribution in [3.8, 4) is 5.75 Å². The lowest BCUT2D eigenvalue weighted by Crippen LogP contribution is -2.37. The van der Waals surface area contributed by atoms with E-state index in [0.717, 1.165) is 32.4 Å². The van der Waals surface area contributed by atoms with Crippen LogP contribution in [0, 0.1) is 0 Å². The molecule has 3 rings (SSSR count). The predicted octanol–water partition coefficient (Wildman–Crippen LogP) is 4.99. The molecule has 2 aromatic rings. The summed E-state index contributed by atoms with van der Waals surface area (Å²) in [5.74, 6) is 0.285. The van der Waals surface area contributed by atoms with Crippen LogP contribution in [0.3, 0.4) is 0 Å². The monoisotopic (exact) mass is 503 g/mol. The number of likely N-dealkylation sites (tertiary alicyclic amines) is 1. The fourth-order valence-corrected chi connectivity index (χ4v) is 4.04. The second-order valence-electron chi connectivity index (χ2n) is 7.62. The van der Waals surface area contributed by atoms with Crippen LogP contribution in [0.4, 0.5) is 5.69 Å². The molecule has 1 aliphatic heterocycles. The Bertz CT molecular complexity index is 974. The van der Waals surface area contributed by atoms with Gasteiger partial charge in [-0.2, -0.15) is 0 Å². The Morgan fingerprint density at radius 1 is 1.10 bits per heavy atom. The molecule has 0 aliphatic carbocycles. The number of thiocarbonyl (C=S) groups is 1. The number of halogens is 1. The fourth-order valence-electron chi connectivity index (χ4n) is 3.37. The number of anilines is 1. The topological polar surface area (TPSA) is 70.7 Å². The highest BCUT2D eigenvalue weighted by molar-refractivity contribution is 9.10. The molecule has 1 fully saturated rings. The van der Waals surface area contributed by atoms with Gasteiger partial charge >= 0.3 is 0 Å². The molecule has 0 spiro atoms. The number of piperidine rings is 1. The van der Waals surface area contributed by atoms with Gasteiger partial charge in [-0.25, -0.2) is 0 Å². The first-order valence-corrected chi connectivity index (χ1v) is 11.5. The van der Waals surface area contributed by atoms with E-state index >= 15 is 0 Å². The van der Waals surface area contributed by atoms with Gasteiger partial charge in [-0.15, -0.1) is 0 Å². The second-order valence-corrected chi connectivity index (χ2v) is 8.88. The van der Waals surface area contributed by atoms with Crippen molar-refractivity contribution in [2.24, 2.45) is 0 Å². The highest BCUT2D eigenvalue weighted by Gasteiger charge is 2.21. The van der Waals surface area contributed by atoms with Crippen LogP contribution >= 0.6 is 28.1 Å². The maximum absolute atomic E-state index is 12.9. The standard InChI is InChI=1S/C23H26BrN3O3S/c1-15(2)30-20-11-10-16(14-18(20)24)21(28)26-23(31)25-19-9-5-4-8-17(19)22(29)27-12-6-3-7-13-27/h4-5,8-11,14-15H,3,6-7,12-13H2,1-2H3,(H2,25,26,28,31). The van der Waals surface area contributed by atoms with Gasteiger partial charge in [0, 0.05) is 18.7 Å². The van der Waals surface area contributed by atoms with E-state index in [4.69, 9.17) is 17.0 Å². The number of para-hydroxylation sites is 1. The van der Waals surface area contributed by atoms with Crippen molar-refractivity contribution in [1.82, 2.24) is 10.2 Å². The van der Waals surface area contributed by atoms with E-state index in [0.29, 0.717) is 27.0 Å². The molecule has 1 heterocycles.